The predicted octanol–water partition coefficient (Wildman–Crippen LogP) is 6.74. The quantitative estimate of drug-likeness (QED) is 0.128. The first-order valence-electron chi connectivity index (χ1n) is 13.6. The average molecular weight is 609 g/mol. The number of hydrogen-bond acceptors (Lipinski definition) is 6. The standard InChI is InChI=1S/C31H31Cl2N5O4/c1-42-29(39)15-8-3-2-4-10-17-35-31(41)27-20-28(38(37-27)21-12-6-5-7-13-21)36-30(40)23-18-22(24(32)19-25(23)33)26-14-9-11-16-34-26/h5-7,9,11-14,16,18-20H,2-4,8,10,15,17H2,1H3,(H,35,41)(H,36,40). The van der Waals surface area contributed by atoms with Crippen molar-refractivity contribution in [3.05, 3.63) is 94.2 Å². The lowest BCUT2D eigenvalue weighted by atomic mass is 10.1. The molecule has 0 spiro atoms. The number of methoxy groups -OCH3 is 1. The molecule has 2 N–H and O–H groups in total. The molecule has 0 atom stereocenters. The number of carbonyl (C=O) groups excluding carboxylic acids is 3. The molecule has 218 valence electrons. The van der Waals surface area contributed by atoms with Gasteiger partial charge in [0.1, 0.15) is 5.82 Å². The number of amides is 2. The molecule has 0 radical (unpaired) electrons. The Morgan fingerprint density at radius 2 is 1.60 bits per heavy atom. The normalized spacial score (nSPS) is 10.7. The van der Waals surface area contributed by atoms with E-state index in [-0.39, 0.29) is 28.2 Å². The number of nitrogens with zero attached hydrogens (tertiary/aromatic N) is 3. The molecule has 0 saturated carbocycles. The fourth-order valence-corrected chi connectivity index (χ4v) is 4.86. The molecule has 0 bridgehead atoms. The van der Waals surface area contributed by atoms with Crippen LogP contribution in [0.1, 0.15) is 59.4 Å². The minimum Gasteiger partial charge on any atom is -0.469 e. The molecule has 0 fully saturated rings. The van der Waals surface area contributed by atoms with Gasteiger partial charge in [0, 0.05) is 30.8 Å². The van der Waals surface area contributed by atoms with Crippen molar-refractivity contribution in [2.75, 3.05) is 19.0 Å². The van der Waals surface area contributed by atoms with E-state index in [2.05, 4.69) is 25.5 Å². The molecule has 0 saturated heterocycles. The lowest BCUT2D eigenvalue weighted by Gasteiger charge is -2.12. The van der Waals surface area contributed by atoms with E-state index in [1.807, 2.05) is 36.4 Å². The summed E-state index contributed by atoms with van der Waals surface area (Å²) in [5.74, 6) is -0.747. The Balaban J connectivity index is 1.45. The monoisotopic (exact) mass is 607 g/mol. The minimum absolute atomic E-state index is 0.156. The van der Waals surface area contributed by atoms with E-state index in [9.17, 15) is 14.4 Å². The lowest BCUT2D eigenvalue weighted by molar-refractivity contribution is -0.140. The van der Waals surface area contributed by atoms with E-state index in [0.717, 1.165) is 32.1 Å². The Labute approximate surface area is 254 Å². The number of anilines is 1. The zero-order valence-electron chi connectivity index (χ0n) is 23.1. The summed E-state index contributed by atoms with van der Waals surface area (Å²) in [5.41, 5.74) is 2.17. The molecule has 11 heteroatoms. The van der Waals surface area contributed by atoms with Crippen LogP contribution in [0.3, 0.4) is 0 Å². The van der Waals surface area contributed by atoms with Gasteiger partial charge in [-0.15, -0.1) is 0 Å². The number of ether oxygens (including phenoxy) is 1. The summed E-state index contributed by atoms with van der Waals surface area (Å²) >= 11 is 12.8. The van der Waals surface area contributed by atoms with E-state index < -0.39 is 5.91 Å². The van der Waals surface area contributed by atoms with Crippen LogP contribution in [0.5, 0.6) is 0 Å². The van der Waals surface area contributed by atoms with Crippen molar-refractivity contribution < 1.29 is 19.1 Å². The number of rotatable bonds is 13. The topological polar surface area (TPSA) is 115 Å². The Morgan fingerprint density at radius 3 is 2.33 bits per heavy atom. The number of nitrogens with one attached hydrogen (secondary N) is 2. The van der Waals surface area contributed by atoms with Crippen LogP contribution in [0.15, 0.2) is 72.9 Å². The minimum atomic E-state index is -0.495. The van der Waals surface area contributed by atoms with Gasteiger partial charge >= 0.3 is 5.97 Å². The van der Waals surface area contributed by atoms with E-state index in [0.29, 0.717) is 40.8 Å². The highest BCUT2D eigenvalue weighted by molar-refractivity contribution is 6.38. The number of aromatic nitrogens is 3. The number of halogens is 2. The maximum absolute atomic E-state index is 13.4. The average Bonchev–Trinajstić information content (AvgIpc) is 3.42. The van der Waals surface area contributed by atoms with E-state index >= 15 is 0 Å². The van der Waals surface area contributed by atoms with Gasteiger partial charge in [-0.1, -0.05) is 66.7 Å². The molecule has 0 aliphatic carbocycles. The van der Waals surface area contributed by atoms with Crippen molar-refractivity contribution in [1.29, 1.82) is 0 Å². The van der Waals surface area contributed by atoms with Crippen LogP contribution >= 0.6 is 23.2 Å². The van der Waals surface area contributed by atoms with Crippen molar-refractivity contribution in [3.8, 4) is 16.9 Å². The fourth-order valence-electron chi connectivity index (χ4n) is 4.29. The number of unbranched alkanes of at least 4 members (excludes halogenated alkanes) is 4. The molecular formula is C31H31Cl2N5O4. The number of carbonyl (C=O) groups is 3. The van der Waals surface area contributed by atoms with E-state index in [1.165, 1.54) is 23.9 Å². The molecule has 2 aromatic carbocycles. The molecule has 2 aromatic heterocycles. The molecule has 4 rings (SSSR count). The van der Waals surface area contributed by atoms with Gasteiger partial charge in [-0.25, -0.2) is 4.68 Å². The Kier molecular flexibility index (Phi) is 11.1. The maximum atomic E-state index is 13.4. The van der Waals surface area contributed by atoms with Gasteiger partial charge in [0.25, 0.3) is 11.8 Å². The number of para-hydroxylation sites is 1. The van der Waals surface area contributed by atoms with Crippen molar-refractivity contribution in [1.82, 2.24) is 20.1 Å². The first kappa shape index (κ1) is 30.7. The SMILES string of the molecule is COC(=O)CCCCCCCNC(=O)c1cc(NC(=O)c2cc(-c3ccccn3)c(Cl)cc2Cl)n(-c2ccccc2)n1. The molecule has 2 heterocycles. The summed E-state index contributed by atoms with van der Waals surface area (Å²) in [4.78, 5) is 41.9. The molecule has 0 aliphatic heterocycles. The van der Waals surface area contributed by atoms with Gasteiger partial charge in [-0.3, -0.25) is 19.4 Å². The number of hydrogen-bond donors (Lipinski definition) is 2. The summed E-state index contributed by atoms with van der Waals surface area (Å²) in [6.45, 7) is 0.479. The van der Waals surface area contributed by atoms with Gasteiger partial charge in [0.05, 0.1) is 34.1 Å². The van der Waals surface area contributed by atoms with Crippen molar-refractivity contribution in [3.63, 3.8) is 0 Å². The summed E-state index contributed by atoms with van der Waals surface area (Å²) in [6.07, 6.45) is 6.44. The van der Waals surface area contributed by atoms with Gasteiger partial charge in [-0.05, 0) is 49.2 Å². The summed E-state index contributed by atoms with van der Waals surface area (Å²) < 4.78 is 6.14. The first-order chi connectivity index (χ1) is 20.4. The third-order valence-corrected chi connectivity index (χ3v) is 7.12. The van der Waals surface area contributed by atoms with Crippen LogP contribution in [0.25, 0.3) is 16.9 Å². The summed E-state index contributed by atoms with van der Waals surface area (Å²) in [7, 11) is 1.39. The zero-order chi connectivity index (χ0) is 29.9. The van der Waals surface area contributed by atoms with Crippen LogP contribution in [0.2, 0.25) is 10.0 Å². The van der Waals surface area contributed by atoms with Crippen LogP contribution in [-0.4, -0.2) is 46.2 Å². The third-order valence-electron chi connectivity index (χ3n) is 6.50. The Morgan fingerprint density at radius 1 is 0.857 bits per heavy atom. The van der Waals surface area contributed by atoms with Crippen LogP contribution < -0.4 is 10.6 Å². The number of benzene rings is 2. The highest BCUT2D eigenvalue weighted by atomic mass is 35.5. The molecule has 0 aliphatic rings. The molecule has 4 aromatic rings. The van der Waals surface area contributed by atoms with Gasteiger partial charge in [-0.2, -0.15) is 5.10 Å². The second-order valence-electron chi connectivity index (χ2n) is 9.49. The Hall–Kier alpha value is -4.21. The highest BCUT2D eigenvalue weighted by Gasteiger charge is 2.20. The molecule has 2 amide bonds. The third kappa shape index (κ3) is 8.18. The van der Waals surface area contributed by atoms with E-state index in [4.69, 9.17) is 23.2 Å². The molecule has 0 unspecified atom stereocenters. The first-order valence-corrected chi connectivity index (χ1v) is 14.3. The molecule has 9 nitrogen and oxygen atoms in total. The van der Waals surface area contributed by atoms with Gasteiger partial charge in [0.15, 0.2) is 5.69 Å². The Bertz CT molecular complexity index is 1530. The van der Waals surface area contributed by atoms with Crippen molar-refractivity contribution >= 4 is 46.8 Å². The van der Waals surface area contributed by atoms with E-state index in [1.54, 1.807) is 24.4 Å². The summed E-state index contributed by atoms with van der Waals surface area (Å²) in [5, 5.41) is 10.8. The summed E-state index contributed by atoms with van der Waals surface area (Å²) in [6, 6.07) is 19.2. The predicted molar refractivity (Wildman–Crippen MR) is 163 cm³/mol. The smallest absolute Gasteiger partial charge is 0.305 e. The van der Waals surface area contributed by atoms with Gasteiger partial charge in [0.2, 0.25) is 0 Å². The highest BCUT2D eigenvalue weighted by Crippen LogP contribution is 2.32. The van der Waals surface area contributed by atoms with Crippen LogP contribution in [-0.2, 0) is 9.53 Å². The maximum Gasteiger partial charge on any atom is 0.305 e. The zero-order valence-corrected chi connectivity index (χ0v) is 24.6. The van der Waals surface area contributed by atoms with Crippen molar-refractivity contribution in [2.24, 2.45) is 0 Å². The van der Waals surface area contributed by atoms with Crippen LogP contribution in [0.4, 0.5) is 5.82 Å². The second kappa shape index (κ2) is 15.1. The molecule has 42 heavy (non-hydrogen) atoms. The largest absolute Gasteiger partial charge is 0.469 e. The number of pyridine rings is 1. The number of esters is 1. The fraction of sp³-hybridized carbons (Fsp3) is 0.258. The van der Waals surface area contributed by atoms with Crippen LogP contribution in [0, 0.1) is 0 Å². The van der Waals surface area contributed by atoms with Gasteiger partial charge < -0.3 is 15.4 Å². The second-order valence-corrected chi connectivity index (χ2v) is 10.3. The van der Waals surface area contributed by atoms with Crippen molar-refractivity contribution in [2.45, 2.75) is 38.5 Å². The molecular weight excluding hydrogens is 577 g/mol. The lowest BCUT2D eigenvalue weighted by Crippen LogP contribution is -2.25.